The van der Waals surface area contributed by atoms with Gasteiger partial charge >= 0.3 is 0 Å². The van der Waals surface area contributed by atoms with Gasteiger partial charge in [0.15, 0.2) is 0 Å². The molecule has 1 N–H and O–H groups in total. The van der Waals surface area contributed by atoms with Crippen LogP contribution in [0.4, 0.5) is 0 Å². The predicted molar refractivity (Wildman–Crippen MR) is 91.0 cm³/mol. The first-order valence-electron chi connectivity index (χ1n) is 8.59. The van der Waals surface area contributed by atoms with Crippen LogP contribution in [0.2, 0.25) is 0 Å². The second-order valence-corrected chi connectivity index (χ2v) is 6.50. The standard InChI is InChI=1S/C19H28N2/c1-4-12-21(13-5-2)19-9-7-16-15(14(19)3)6-8-18-17(16)10-11-20-18/h6,8,10-11,14,19-20H,4-5,7,9,12-13H2,1-3H3/t14-,19+/m0/s1. The Balaban J connectivity index is 1.92. The van der Waals surface area contributed by atoms with Crippen molar-refractivity contribution in [1.29, 1.82) is 0 Å². The van der Waals surface area contributed by atoms with Gasteiger partial charge in [0.25, 0.3) is 0 Å². The Bertz CT molecular complexity index is 593. The molecule has 3 rings (SSSR count). The van der Waals surface area contributed by atoms with Gasteiger partial charge in [-0.1, -0.05) is 26.8 Å². The number of hydrogen-bond acceptors (Lipinski definition) is 1. The Morgan fingerprint density at radius 3 is 2.62 bits per heavy atom. The smallest absolute Gasteiger partial charge is 0.0456 e. The molecule has 0 amide bonds. The molecule has 0 aliphatic heterocycles. The maximum absolute atomic E-state index is 3.35. The molecule has 0 saturated heterocycles. The zero-order valence-electron chi connectivity index (χ0n) is 13.7. The van der Waals surface area contributed by atoms with E-state index in [4.69, 9.17) is 0 Å². The zero-order valence-corrected chi connectivity index (χ0v) is 13.7. The summed E-state index contributed by atoms with van der Waals surface area (Å²) in [6, 6.07) is 7.59. The second-order valence-electron chi connectivity index (χ2n) is 6.50. The van der Waals surface area contributed by atoms with Crippen LogP contribution in [0.25, 0.3) is 10.9 Å². The third kappa shape index (κ3) is 2.62. The van der Waals surface area contributed by atoms with E-state index in [1.54, 1.807) is 11.1 Å². The first-order valence-corrected chi connectivity index (χ1v) is 8.59. The van der Waals surface area contributed by atoms with Crippen LogP contribution < -0.4 is 0 Å². The Morgan fingerprint density at radius 1 is 1.14 bits per heavy atom. The summed E-state index contributed by atoms with van der Waals surface area (Å²) in [4.78, 5) is 6.08. The maximum atomic E-state index is 3.35. The van der Waals surface area contributed by atoms with E-state index in [1.807, 2.05) is 0 Å². The fourth-order valence-corrected chi connectivity index (χ4v) is 4.18. The molecule has 0 saturated carbocycles. The van der Waals surface area contributed by atoms with Crippen LogP contribution in [0.5, 0.6) is 0 Å². The Kier molecular flexibility index (Phi) is 4.34. The molecule has 2 heteroatoms. The van der Waals surface area contributed by atoms with E-state index in [9.17, 15) is 0 Å². The minimum absolute atomic E-state index is 0.645. The normalized spacial score (nSPS) is 21.9. The van der Waals surface area contributed by atoms with Crippen LogP contribution in [0, 0.1) is 0 Å². The number of nitrogens with one attached hydrogen (secondary N) is 1. The number of nitrogens with zero attached hydrogens (tertiary/aromatic N) is 1. The average Bonchev–Trinajstić information content (AvgIpc) is 2.96. The molecule has 0 bridgehead atoms. The van der Waals surface area contributed by atoms with Gasteiger partial charge in [-0.05, 0) is 68.0 Å². The molecule has 2 atom stereocenters. The number of aromatic nitrogens is 1. The Morgan fingerprint density at radius 2 is 1.90 bits per heavy atom. The minimum Gasteiger partial charge on any atom is -0.361 e. The molecule has 2 nitrogen and oxygen atoms in total. The first kappa shape index (κ1) is 14.6. The summed E-state index contributed by atoms with van der Waals surface area (Å²) in [6.45, 7) is 9.51. The largest absolute Gasteiger partial charge is 0.361 e. The lowest BCUT2D eigenvalue weighted by molar-refractivity contribution is 0.159. The number of fused-ring (bicyclic) bond motifs is 3. The summed E-state index contributed by atoms with van der Waals surface area (Å²) in [5.74, 6) is 0.645. The topological polar surface area (TPSA) is 19.0 Å². The quantitative estimate of drug-likeness (QED) is 0.842. The number of aryl methyl sites for hydroxylation is 1. The highest BCUT2D eigenvalue weighted by atomic mass is 15.2. The number of benzene rings is 1. The van der Waals surface area contributed by atoms with Gasteiger partial charge in [-0.3, -0.25) is 4.90 Å². The number of rotatable bonds is 5. The first-order chi connectivity index (χ1) is 10.3. The molecule has 2 aromatic rings. The highest BCUT2D eigenvalue weighted by molar-refractivity contribution is 5.84. The van der Waals surface area contributed by atoms with Gasteiger partial charge in [-0.15, -0.1) is 0 Å². The van der Waals surface area contributed by atoms with Gasteiger partial charge < -0.3 is 4.98 Å². The van der Waals surface area contributed by atoms with Crippen LogP contribution in [-0.2, 0) is 6.42 Å². The van der Waals surface area contributed by atoms with Gasteiger partial charge in [0, 0.05) is 23.1 Å². The molecule has 1 aromatic heterocycles. The molecular formula is C19H28N2. The van der Waals surface area contributed by atoms with Crippen molar-refractivity contribution in [2.45, 2.75) is 58.4 Å². The lowest BCUT2D eigenvalue weighted by Crippen LogP contribution is -2.42. The molecule has 1 aromatic carbocycles. The fraction of sp³-hybridized carbons (Fsp3) is 0.579. The van der Waals surface area contributed by atoms with Crippen molar-refractivity contribution < 1.29 is 0 Å². The van der Waals surface area contributed by atoms with Crippen molar-refractivity contribution >= 4 is 10.9 Å². The van der Waals surface area contributed by atoms with Gasteiger partial charge in [0.05, 0.1) is 0 Å². The number of H-pyrrole nitrogens is 1. The molecule has 1 aliphatic rings. The van der Waals surface area contributed by atoms with E-state index in [2.05, 4.69) is 55.1 Å². The molecule has 0 unspecified atom stereocenters. The summed E-state index contributed by atoms with van der Waals surface area (Å²) >= 11 is 0. The molecule has 114 valence electrons. The van der Waals surface area contributed by atoms with Crippen LogP contribution >= 0.6 is 0 Å². The summed E-state index contributed by atoms with van der Waals surface area (Å²) in [7, 11) is 0. The Labute approximate surface area is 128 Å². The monoisotopic (exact) mass is 284 g/mol. The van der Waals surface area contributed by atoms with Crippen LogP contribution in [0.1, 0.15) is 57.1 Å². The summed E-state index contributed by atoms with van der Waals surface area (Å²) < 4.78 is 0. The van der Waals surface area contributed by atoms with Gasteiger partial charge in [-0.2, -0.15) is 0 Å². The van der Waals surface area contributed by atoms with Crippen LogP contribution in [-0.4, -0.2) is 29.0 Å². The summed E-state index contributed by atoms with van der Waals surface area (Å²) in [5.41, 5.74) is 4.46. The van der Waals surface area contributed by atoms with E-state index in [1.165, 1.54) is 49.7 Å². The fourth-order valence-electron chi connectivity index (χ4n) is 4.18. The van der Waals surface area contributed by atoms with Crippen molar-refractivity contribution in [2.24, 2.45) is 0 Å². The molecule has 21 heavy (non-hydrogen) atoms. The highest BCUT2D eigenvalue weighted by Crippen LogP contribution is 2.38. The van der Waals surface area contributed by atoms with Gasteiger partial charge in [-0.25, -0.2) is 0 Å². The summed E-state index contributed by atoms with van der Waals surface area (Å²) in [5, 5.41) is 1.44. The maximum Gasteiger partial charge on any atom is 0.0456 e. The molecule has 1 aliphatic carbocycles. The predicted octanol–water partition coefficient (Wildman–Crippen LogP) is 4.71. The third-order valence-electron chi connectivity index (χ3n) is 5.13. The minimum atomic E-state index is 0.645. The van der Waals surface area contributed by atoms with Crippen molar-refractivity contribution in [2.75, 3.05) is 13.1 Å². The Hall–Kier alpha value is -1.28. The van der Waals surface area contributed by atoms with Crippen molar-refractivity contribution in [3.63, 3.8) is 0 Å². The number of hydrogen-bond donors (Lipinski definition) is 1. The second kappa shape index (κ2) is 6.23. The zero-order chi connectivity index (χ0) is 14.8. The van der Waals surface area contributed by atoms with Crippen molar-refractivity contribution in [1.82, 2.24) is 9.88 Å². The van der Waals surface area contributed by atoms with E-state index in [0.29, 0.717) is 12.0 Å². The van der Waals surface area contributed by atoms with Crippen molar-refractivity contribution in [3.8, 4) is 0 Å². The lowest BCUT2D eigenvalue weighted by Gasteiger charge is -2.40. The lowest BCUT2D eigenvalue weighted by atomic mass is 9.78. The van der Waals surface area contributed by atoms with E-state index in [0.717, 1.165) is 0 Å². The average molecular weight is 284 g/mol. The molecular weight excluding hydrogens is 256 g/mol. The SMILES string of the molecule is CCCN(CCC)[C@@H]1CCc2c(ccc3[nH]ccc23)[C@@H]1C. The van der Waals surface area contributed by atoms with Crippen molar-refractivity contribution in [3.05, 3.63) is 35.5 Å². The molecule has 1 heterocycles. The highest BCUT2D eigenvalue weighted by Gasteiger charge is 2.30. The van der Waals surface area contributed by atoms with E-state index >= 15 is 0 Å². The van der Waals surface area contributed by atoms with E-state index in [-0.39, 0.29) is 0 Å². The summed E-state index contributed by atoms with van der Waals surface area (Å²) in [6.07, 6.45) is 7.12. The third-order valence-corrected chi connectivity index (χ3v) is 5.13. The molecule has 0 fully saturated rings. The molecule has 0 radical (unpaired) electrons. The van der Waals surface area contributed by atoms with Crippen LogP contribution in [0.3, 0.4) is 0 Å². The molecule has 0 spiro atoms. The number of aromatic amines is 1. The van der Waals surface area contributed by atoms with Gasteiger partial charge in [0.2, 0.25) is 0 Å². The van der Waals surface area contributed by atoms with E-state index < -0.39 is 0 Å². The van der Waals surface area contributed by atoms with Gasteiger partial charge in [0.1, 0.15) is 0 Å². The van der Waals surface area contributed by atoms with Crippen LogP contribution in [0.15, 0.2) is 24.4 Å².